The molecule has 0 unspecified atom stereocenters. The van der Waals surface area contributed by atoms with Crippen LogP contribution in [-0.2, 0) is 0 Å². The Morgan fingerprint density at radius 1 is 1.00 bits per heavy atom. The van der Waals surface area contributed by atoms with Crippen LogP contribution in [0, 0.1) is 0 Å². The van der Waals surface area contributed by atoms with E-state index in [0.717, 1.165) is 10.9 Å². The SMILES string of the molecule is O=c1ccc2ccccc2[nH]1.[H-].[H-].[Na+].[Na+]. The van der Waals surface area contributed by atoms with Gasteiger partial charge in [-0.3, -0.25) is 4.79 Å². The van der Waals surface area contributed by atoms with Crippen molar-refractivity contribution in [1.82, 2.24) is 4.98 Å². The van der Waals surface area contributed by atoms with Gasteiger partial charge in [0.05, 0.1) is 0 Å². The number of nitrogens with one attached hydrogen (secondary N) is 1. The van der Waals surface area contributed by atoms with Crippen LogP contribution >= 0.6 is 0 Å². The molecule has 1 heterocycles. The van der Waals surface area contributed by atoms with Crippen LogP contribution in [0.25, 0.3) is 10.9 Å². The number of H-pyrrole nitrogens is 1. The first-order chi connectivity index (χ1) is 5.36. The van der Waals surface area contributed by atoms with E-state index in [0.29, 0.717) is 0 Å². The number of aromatic nitrogens is 1. The van der Waals surface area contributed by atoms with Crippen molar-refractivity contribution >= 4 is 10.9 Å². The number of rotatable bonds is 0. The van der Waals surface area contributed by atoms with Gasteiger partial charge >= 0.3 is 59.1 Å². The number of para-hydroxylation sites is 1. The summed E-state index contributed by atoms with van der Waals surface area (Å²) in [5.41, 5.74) is 0.837. The number of hydrogen-bond donors (Lipinski definition) is 1. The van der Waals surface area contributed by atoms with Gasteiger partial charge in [-0.05, 0) is 17.5 Å². The van der Waals surface area contributed by atoms with E-state index >= 15 is 0 Å². The summed E-state index contributed by atoms with van der Waals surface area (Å²) in [6.45, 7) is 0. The molecule has 13 heavy (non-hydrogen) atoms. The van der Waals surface area contributed by atoms with Crippen LogP contribution in [0.5, 0.6) is 0 Å². The van der Waals surface area contributed by atoms with E-state index in [2.05, 4.69) is 4.98 Å². The summed E-state index contributed by atoms with van der Waals surface area (Å²) in [5.74, 6) is 0. The van der Waals surface area contributed by atoms with Gasteiger partial charge in [0, 0.05) is 11.6 Å². The van der Waals surface area contributed by atoms with Crippen LogP contribution in [0.2, 0.25) is 0 Å². The maximum absolute atomic E-state index is 10.8. The molecule has 1 N–H and O–H groups in total. The molecule has 0 atom stereocenters. The minimum atomic E-state index is -0.0521. The molecule has 0 aliphatic rings. The van der Waals surface area contributed by atoms with Crippen molar-refractivity contribution in [3.05, 3.63) is 46.8 Å². The molecule has 0 aliphatic heterocycles. The summed E-state index contributed by atoms with van der Waals surface area (Å²) >= 11 is 0. The third-order valence-corrected chi connectivity index (χ3v) is 1.63. The second-order valence-electron chi connectivity index (χ2n) is 2.41. The Bertz CT molecular complexity index is 447. The molecule has 2 nitrogen and oxygen atoms in total. The topological polar surface area (TPSA) is 32.9 Å². The van der Waals surface area contributed by atoms with Gasteiger partial charge in [0.2, 0.25) is 5.56 Å². The Labute approximate surface area is 123 Å². The minimum absolute atomic E-state index is 0. The van der Waals surface area contributed by atoms with Gasteiger partial charge in [0.1, 0.15) is 0 Å². The van der Waals surface area contributed by atoms with Gasteiger partial charge in [-0.15, -0.1) is 0 Å². The van der Waals surface area contributed by atoms with Crippen molar-refractivity contribution in [2.75, 3.05) is 0 Å². The predicted molar refractivity (Wildman–Crippen MR) is 46.8 cm³/mol. The van der Waals surface area contributed by atoms with Crippen molar-refractivity contribution in [3.8, 4) is 0 Å². The molecular formula is C9H9NNa2O. The standard InChI is InChI=1S/C9H7NO.2Na.2H/c11-9-6-5-7-3-1-2-4-8(7)10-9;;;;/h1-6H,(H,10,11);;;;/q;2*+1;2*-1. The van der Waals surface area contributed by atoms with Gasteiger partial charge in [-0.1, -0.05) is 18.2 Å². The molecule has 0 bridgehead atoms. The van der Waals surface area contributed by atoms with E-state index in [1.165, 1.54) is 6.07 Å². The first kappa shape index (κ1) is 13.4. The Hall–Kier alpha value is 0.430. The molecule has 2 aromatic rings. The van der Waals surface area contributed by atoms with Crippen molar-refractivity contribution < 1.29 is 62.0 Å². The van der Waals surface area contributed by atoms with Crippen molar-refractivity contribution in [3.63, 3.8) is 0 Å². The zero-order chi connectivity index (χ0) is 7.68. The second-order valence-corrected chi connectivity index (χ2v) is 2.41. The summed E-state index contributed by atoms with van der Waals surface area (Å²) in [6.07, 6.45) is 0. The molecule has 0 radical (unpaired) electrons. The third-order valence-electron chi connectivity index (χ3n) is 1.63. The summed E-state index contributed by atoms with van der Waals surface area (Å²) in [6, 6.07) is 11.0. The Morgan fingerprint density at radius 2 is 1.69 bits per heavy atom. The fraction of sp³-hybridized carbons (Fsp3) is 0. The Balaban J connectivity index is -0.000000360. The Morgan fingerprint density at radius 3 is 2.46 bits per heavy atom. The average molecular weight is 193 g/mol. The van der Waals surface area contributed by atoms with E-state index in [9.17, 15) is 4.79 Å². The van der Waals surface area contributed by atoms with Gasteiger partial charge in [0.15, 0.2) is 0 Å². The fourth-order valence-electron chi connectivity index (χ4n) is 1.10. The van der Waals surface area contributed by atoms with Gasteiger partial charge in [0.25, 0.3) is 0 Å². The quantitative estimate of drug-likeness (QED) is 0.422. The molecule has 1 aromatic heterocycles. The summed E-state index contributed by atoms with van der Waals surface area (Å²) in [4.78, 5) is 13.6. The number of hydrogen-bond acceptors (Lipinski definition) is 1. The van der Waals surface area contributed by atoms with Gasteiger partial charge < -0.3 is 7.84 Å². The van der Waals surface area contributed by atoms with Crippen molar-refractivity contribution in [2.45, 2.75) is 0 Å². The molecule has 0 amide bonds. The largest absolute Gasteiger partial charge is 1.00 e. The third kappa shape index (κ3) is 3.24. The van der Waals surface area contributed by atoms with Crippen LogP contribution in [0.4, 0.5) is 0 Å². The van der Waals surface area contributed by atoms with Gasteiger partial charge in [-0.2, -0.15) is 0 Å². The smallest absolute Gasteiger partial charge is 1.00 e. The molecule has 1 aromatic carbocycles. The predicted octanol–water partition coefficient (Wildman–Crippen LogP) is -4.24. The monoisotopic (exact) mass is 193 g/mol. The number of fused-ring (bicyclic) bond motifs is 1. The molecule has 58 valence electrons. The van der Waals surface area contributed by atoms with E-state index in [1.807, 2.05) is 30.3 Å². The number of benzene rings is 1. The maximum atomic E-state index is 10.8. The molecular weight excluding hydrogens is 184 g/mol. The molecule has 0 fully saturated rings. The van der Waals surface area contributed by atoms with E-state index < -0.39 is 0 Å². The molecule has 0 saturated heterocycles. The van der Waals surface area contributed by atoms with Crippen LogP contribution in [0.3, 0.4) is 0 Å². The van der Waals surface area contributed by atoms with Crippen LogP contribution < -0.4 is 64.7 Å². The van der Waals surface area contributed by atoms with E-state index in [1.54, 1.807) is 0 Å². The zero-order valence-electron chi connectivity index (χ0n) is 9.87. The van der Waals surface area contributed by atoms with Crippen LogP contribution in [-0.4, -0.2) is 4.98 Å². The normalized spacial score (nSPS) is 8.62. The molecule has 0 spiro atoms. The number of pyridine rings is 1. The first-order valence-electron chi connectivity index (χ1n) is 3.44. The maximum Gasteiger partial charge on any atom is 1.00 e. The first-order valence-corrected chi connectivity index (χ1v) is 3.44. The van der Waals surface area contributed by atoms with E-state index in [-0.39, 0.29) is 67.5 Å². The zero-order valence-corrected chi connectivity index (χ0v) is 11.9. The summed E-state index contributed by atoms with van der Waals surface area (Å²) in [5, 5.41) is 1.06. The Kier molecular flexibility index (Phi) is 6.21. The van der Waals surface area contributed by atoms with E-state index in [4.69, 9.17) is 0 Å². The summed E-state index contributed by atoms with van der Waals surface area (Å²) < 4.78 is 0. The number of aromatic amines is 1. The van der Waals surface area contributed by atoms with Crippen molar-refractivity contribution in [2.24, 2.45) is 0 Å². The van der Waals surface area contributed by atoms with Crippen molar-refractivity contribution in [1.29, 1.82) is 0 Å². The molecule has 4 heteroatoms. The molecule has 2 rings (SSSR count). The molecule has 0 aliphatic carbocycles. The van der Waals surface area contributed by atoms with Crippen LogP contribution in [0.1, 0.15) is 2.85 Å². The minimum Gasteiger partial charge on any atom is -1.00 e. The summed E-state index contributed by atoms with van der Waals surface area (Å²) in [7, 11) is 0. The van der Waals surface area contributed by atoms with Gasteiger partial charge in [-0.25, -0.2) is 0 Å². The second kappa shape index (κ2) is 6.02. The molecule has 0 saturated carbocycles. The fourth-order valence-corrected chi connectivity index (χ4v) is 1.10. The van der Waals surface area contributed by atoms with Crippen LogP contribution in [0.15, 0.2) is 41.2 Å². The average Bonchev–Trinajstić information content (AvgIpc) is 2.04.